The Kier molecular flexibility index (Phi) is 8.27. The quantitative estimate of drug-likeness (QED) is 0.474. The third kappa shape index (κ3) is 5.41. The van der Waals surface area contributed by atoms with Crippen molar-refractivity contribution in [3.63, 3.8) is 0 Å². The van der Waals surface area contributed by atoms with Crippen molar-refractivity contribution in [1.29, 1.82) is 0 Å². The van der Waals surface area contributed by atoms with E-state index in [1.165, 1.54) is 0 Å². The van der Waals surface area contributed by atoms with Gasteiger partial charge in [0, 0.05) is 43.2 Å². The number of methoxy groups -OCH3 is 1. The molecule has 2 aliphatic rings. The first-order valence-corrected chi connectivity index (χ1v) is 12.5. The van der Waals surface area contributed by atoms with E-state index in [1.54, 1.807) is 18.9 Å². The molecule has 0 bridgehead atoms. The van der Waals surface area contributed by atoms with Crippen LogP contribution in [0, 0.1) is 24.5 Å². The fraction of sp³-hybridized carbons (Fsp3) is 0.481. The summed E-state index contributed by atoms with van der Waals surface area (Å²) in [5.74, 6) is -3.07. The third-order valence-corrected chi connectivity index (χ3v) is 7.55. The van der Waals surface area contributed by atoms with Crippen molar-refractivity contribution < 1.29 is 27.8 Å². The van der Waals surface area contributed by atoms with Gasteiger partial charge in [-0.05, 0) is 67.6 Å². The summed E-state index contributed by atoms with van der Waals surface area (Å²) in [6.45, 7) is 3.47. The summed E-state index contributed by atoms with van der Waals surface area (Å²) in [6, 6.07) is 7.92. The molecule has 1 heterocycles. The second-order valence-corrected chi connectivity index (χ2v) is 9.96. The van der Waals surface area contributed by atoms with Crippen LogP contribution in [0.4, 0.5) is 8.78 Å². The number of hydrogen-bond donors (Lipinski definition) is 1. The maximum Gasteiger partial charge on any atom is 0.293 e. The first kappa shape index (κ1) is 26.5. The van der Waals surface area contributed by atoms with E-state index in [-0.39, 0.29) is 24.9 Å². The molecule has 1 saturated heterocycles. The highest BCUT2D eigenvalue weighted by Gasteiger charge is 2.52. The molecule has 0 aromatic heterocycles. The molecular weight excluding hydrogens is 490 g/mol. The van der Waals surface area contributed by atoms with Gasteiger partial charge >= 0.3 is 0 Å². The SMILES string of the molecule is COCCc1ccc(Cl)c(CN(C(=O)C2CNCCC2(OC=O)c2cc(F)c(F)cc2C)C2CC2)c1. The molecule has 0 radical (unpaired) electrons. The second-order valence-electron chi connectivity index (χ2n) is 9.56. The molecule has 2 fully saturated rings. The van der Waals surface area contributed by atoms with Crippen molar-refractivity contribution in [2.75, 3.05) is 26.8 Å². The third-order valence-electron chi connectivity index (χ3n) is 7.18. The van der Waals surface area contributed by atoms with Crippen molar-refractivity contribution in [2.45, 2.75) is 50.8 Å². The number of carbonyl (C=O) groups is 2. The molecule has 1 aliphatic heterocycles. The minimum atomic E-state index is -1.42. The van der Waals surface area contributed by atoms with Gasteiger partial charge in [-0.15, -0.1) is 0 Å². The number of nitrogens with zero attached hydrogens (tertiary/aromatic N) is 1. The molecule has 2 unspecified atom stereocenters. The number of nitrogens with one attached hydrogen (secondary N) is 1. The summed E-state index contributed by atoms with van der Waals surface area (Å²) in [7, 11) is 1.64. The van der Waals surface area contributed by atoms with Crippen LogP contribution in [0.25, 0.3) is 0 Å². The lowest BCUT2D eigenvalue weighted by atomic mass is 9.74. The van der Waals surface area contributed by atoms with E-state index in [0.29, 0.717) is 42.3 Å². The van der Waals surface area contributed by atoms with Gasteiger partial charge in [0.25, 0.3) is 6.47 Å². The fourth-order valence-electron chi connectivity index (χ4n) is 5.14. The number of rotatable bonds is 10. The highest BCUT2D eigenvalue weighted by molar-refractivity contribution is 6.31. The second kappa shape index (κ2) is 11.2. The molecule has 194 valence electrons. The molecule has 1 saturated carbocycles. The van der Waals surface area contributed by atoms with Crippen LogP contribution in [0.5, 0.6) is 0 Å². The van der Waals surface area contributed by atoms with Gasteiger partial charge in [-0.1, -0.05) is 23.7 Å². The Hall–Kier alpha value is -2.55. The Morgan fingerprint density at radius 1 is 1.25 bits per heavy atom. The Balaban J connectivity index is 1.70. The number of halogens is 3. The molecule has 36 heavy (non-hydrogen) atoms. The predicted octanol–water partition coefficient (Wildman–Crippen LogP) is 4.28. The van der Waals surface area contributed by atoms with Crippen molar-refractivity contribution in [3.05, 3.63) is 69.2 Å². The molecule has 0 spiro atoms. The summed E-state index contributed by atoms with van der Waals surface area (Å²) in [5.41, 5.74) is 1.18. The first-order valence-electron chi connectivity index (χ1n) is 12.2. The van der Waals surface area contributed by atoms with Crippen LogP contribution in [-0.2, 0) is 37.6 Å². The predicted molar refractivity (Wildman–Crippen MR) is 132 cm³/mol. The molecule has 2 aromatic carbocycles. The van der Waals surface area contributed by atoms with Gasteiger partial charge in [0.15, 0.2) is 17.2 Å². The van der Waals surface area contributed by atoms with E-state index in [0.717, 1.165) is 42.5 Å². The minimum absolute atomic E-state index is 0.0399. The zero-order valence-electron chi connectivity index (χ0n) is 20.5. The lowest BCUT2D eigenvalue weighted by Crippen LogP contribution is -2.56. The molecular formula is C27H31ClF2N2O4. The van der Waals surface area contributed by atoms with E-state index < -0.39 is 23.2 Å². The number of benzene rings is 2. The standard InChI is InChI=1S/C27H31ClF2N2O4/c1-17-11-24(29)25(30)13-21(17)27(36-16-33)8-9-31-14-22(27)26(34)32(20-4-5-20)15-19-12-18(7-10-35-2)3-6-23(19)28/h3,6,11-13,16,20,22,31H,4-5,7-10,14-15H2,1-2H3. The Morgan fingerprint density at radius 2 is 2.00 bits per heavy atom. The number of carbonyl (C=O) groups excluding carboxylic acids is 2. The number of aryl methyl sites for hydroxylation is 1. The topological polar surface area (TPSA) is 67.9 Å². The fourth-order valence-corrected chi connectivity index (χ4v) is 5.32. The van der Waals surface area contributed by atoms with E-state index in [1.807, 2.05) is 18.2 Å². The smallest absolute Gasteiger partial charge is 0.293 e. The summed E-state index contributed by atoms with van der Waals surface area (Å²) >= 11 is 6.51. The van der Waals surface area contributed by atoms with Crippen molar-refractivity contribution >= 4 is 24.0 Å². The van der Waals surface area contributed by atoms with E-state index in [9.17, 15) is 18.4 Å². The Labute approximate surface area is 214 Å². The highest BCUT2D eigenvalue weighted by atomic mass is 35.5. The Morgan fingerprint density at radius 3 is 2.69 bits per heavy atom. The van der Waals surface area contributed by atoms with Gasteiger partial charge in [-0.25, -0.2) is 8.78 Å². The first-order chi connectivity index (χ1) is 17.3. The van der Waals surface area contributed by atoms with Gasteiger partial charge in [-0.3, -0.25) is 9.59 Å². The summed E-state index contributed by atoms with van der Waals surface area (Å²) in [5, 5.41) is 3.77. The average Bonchev–Trinajstić information content (AvgIpc) is 3.70. The number of amides is 1. The monoisotopic (exact) mass is 520 g/mol. The zero-order chi connectivity index (χ0) is 25.9. The van der Waals surface area contributed by atoms with E-state index >= 15 is 0 Å². The van der Waals surface area contributed by atoms with E-state index in [4.69, 9.17) is 21.1 Å². The van der Waals surface area contributed by atoms with Crippen LogP contribution in [0.1, 0.15) is 41.5 Å². The molecule has 1 aliphatic carbocycles. The molecule has 6 nitrogen and oxygen atoms in total. The average molecular weight is 521 g/mol. The zero-order valence-corrected chi connectivity index (χ0v) is 21.2. The van der Waals surface area contributed by atoms with Crippen molar-refractivity contribution in [1.82, 2.24) is 10.2 Å². The molecule has 1 amide bonds. The maximum atomic E-state index is 14.4. The van der Waals surface area contributed by atoms with Crippen LogP contribution in [0.3, 0.4) is 0 Å². The molecule has 2 aromatic rings. The van der Waals surface area contributed by atoms with Gasteiger partial charge < -0.3 is 19.7 Å². The maximum absolute atomic E-state index is 14.4. The largest absolute Gasteiger partial charge is 0.455 e. The van der Waals surface area contributed by atoms with Gasteiger partial charge in [0.2, 0.25) is 5.91 Å². The summed E-state index contributed by atoms with van der Waals surface area (Å²) in [6.07, 6.45) is 2.69. The van der Waals surface area contributed by atoms with Crippen LogP contribution in [0.15, 0.2) is 30.3 Å². The molecule has 2 atom stereocenters. The van der Waals surface area contributed by atoms with Crippen LogP contribution >= 0.6 is 11.6 Å². The molecule has 1 N–H and O–H groups in total. The number of ether oxygens (including phenoxy) is 2. The van der Waals surface area contributed by atoms with Crippen molar-refractivity contribution in [2.24, 2.45) is 5.92 Å². The lowest BCUT2D eigenvalue weighted by Gasteiger charge is -2.44. The number of piperidine rings is 1. The molecule has 9 heteroatoms. The van der Waals surface area contributed by atoms with Gasteiger partial charge in [-0.2, -0.15) is 0 Å². The molecule has 4 rings (SSSR count). The highest BCUT2D eigenvalue weighted by Crippen LogP contribution is 2.43. The normalized spacial score (nSPS) is 21.8. The van der Waals surface area contributed by atoms with Crippen molar-refractivity contribution in [3.8, 4) is 0 Å². The Bertz CT molecular complexity index is 1130. The van der Waals surface area contributed by atoms with Gasteiger partial charge in [0.1, 0.15) is 0 Å². The van der Waals surface area contributed by atoms with E-state index in [2.05, 4.69) is 5.32 Å². The van der Waals surface area contributed by atoms with Crippen LogP contribution in [-0.4, -0.2) is 50.1 Å². The summed E-state index contributed by atoms with van der Waals surface area (Å²) in [4.78, 5) is 27.6. The lowest BCUT2D eigenvalue weighted by molar-refractivity contribution is -0.166. The van der Waals surface area contributed by atoms with Crippen LogP contribution in [0.2, 0.25) is 5.02 Å². The minimum Gasteiger partial charge on any atom is -0.455 e. The number of hydrogen-bond acceptors (Lipinski definition) is 5. The summed E-state index contributed by atoms with van der Waals surface area (Å²) < 4.78 is 39.1. The van der Waals surface area contributed by atoms with Crippen LogP contribution < -0.4 is 5.32 Å². The van der Waals surface area contributed by atoms with Gasteiger partial charge in [0.05, 0.1) is 12.5 Å².